The predicted octanol–water partition coefficient (Wildman–Crippen LogP) is -1.81. The third-order valence-electron chi connectivity index (χ3n) is 1.95. The minimum Gasteiger partial charge on any atom is -0.404 e. The Labute approximate surface area is 81.2 Å². The fraction of sp³-hybridized carbons (Fsp3) is 0.333. The number of nitrogens with zero attached hydrogens (tertiary/aromatic N) is 1. The first-order chi connectivity index (χ1) is 6.57. The van der Waals surface area contributed by atoms with Gasteiger partial charge in [0.15, 0.2) is 0 Å². The molecule has 1 aromatic heterocycles. The van der Waals surface area contributed by atoms with E-state index in [4.69, 9.17) is 11.5 Å². The molecule has 14 heavy (non-hydrogen) atoms. The second-order valence-electron chi connectivity index (χ2n) is 3.27. The van der Waals surface area contributed by atoms with Crippen molar-refractivity contribution >= 4 is 11.9 Å². The van der Waals surface area contributed by atoms with E-state index in [1.165, 1.54) is 12.5 Å². The second-order valence-corrected chi connectivity index (χ2v) is 3.27. The Morgan fingerprint density at radius 1 is 1.64 bits per heavy atom. The third-order valence-corrected chi connectivity index (χ3v) is 1.95. The SMILES string of the molecule is CC(C)/C(N)=c1\nc[nH]c(=O)\c1=C\N. The van der Waals surface area contributed by atoms with Crippen LogP contribution in [0.5, 0.6) is 0 Å². The van der Waals surface area contributed by atoms with Crippen LogP contribution in [0.3, 0.4) is 0 Å². The average Bonchev–Trinajstić information content (AvgIpc) is 2.16. The Morgan fingerprint density at radius 2 is 2.29 bits per heavy atom. The van der Waals surface area contributed by atoms with Gasteiger partial charge in [-0.15, -0.1) is 0 Å². The van der Waals surface area contributed by atoms with Crippen LogP contribution in [0.4, 0.5) is 0 Å². The molecule has 0 bridgehead atoms. The fourth-order valence-electron chi connectivity index (χ4n) is 1.07. The molecule has 0 fully saturated rings. The molecular weight excluding hydrogens is 180 g/mol. The van der Waals surface area contributed by atoms with E-state index in [1.54, 1.807) is 0 Å². The minimum absolute atomic E-state index is 0.128. The first-order valence-corrected chi connectivity index (χ1v) is 4.33. The number of hydrogen-bond acceptors (Lipinski definition) is 4. The number of hydrogen-bond donors (Lipinski definition) is 3. The lowest BCUT2D eigenvalue weighted by atomic mass is 10.1. The van der Waals surface area contributed by atoms with Gasteiger partial charge in [-0.05, 0) is 5.92 Å². The van der Waals surface area contributed by atoms with E-state index in [0.717, 1.165) is 0 Å². The van der Waals surface area contributed by atoms with E-state index in [9.17, 15) is 4.79 Å². The van der Waals surface area contributed by atoms with Crippen molar-refractivity contribution in [1.82, 2.24) is 9.97 Å². The zero-order chi connectivity index (χ0) is 10.7. The van der Waals surface area contributed by atoms with Crippen LogP contribution < -0.4 is 27.6 Å². The zero-order valence-electron chi connectivity index (χ0n) is 8.24. The first kappa shape index (κ1) is 10.3. The van der Waals surface area contributed by atoms with Crippen molar-refractivity contribution in [1.29, 1.82) is 0 Å². The van der Waals surface area contributed by atoms with Gasteiger partial charge in [-0.1, -0.05) is 13.8 Å². The molecule has 1 aromatic rings. The molecule has 0 aromatic carbocycles. The maximum atomic E-state index is 11.3. The summed E-state index contributed by atoms with van der Waals surface area (Å²) in [6, 6.07) is 0. The highest BCUT2D eigenvalue weighted by Crippen LogP contribution is 1.98. The maximum Gasteiger partial charge on any atom is 0.260 e. The van der Waals surface area contributed by atoms with Gasteiger partial charge in [0, 0.05) is 11.9 Å². The summed E-state index contributed by atoms with van der Waals surface area (Å²) >= 11 is 0. The molecule has 0 unspecified atom stereocenters. The molecule has 5 heteroatoms. The molecule has 0 aliphatic carbocycles. The molecule has 0 radical (unpaired) electrons. The molecule has 1 rings (SSSR count). The van der Waals surface area contributed by atoms with Gasteiger partial charge in [0.25, 0.3) is 5.56 Å². The standard InChI is InChI=1S/C9H14N4O/c1-5(2)7(11)8-6(3-10)9(14)13-4-12-8/h3-5H,10-11H2,1-2H3,(H,12,13,14)/b6-3+,8-7+. The minimum atomic E-state index is -0.277. The van der Waals surface area contributed by atoms with Crippen LogP contribution in [0.1, 0.15) is 13.8 Å². The van der Waals surface area contributed by atoms with Gasteiger partial charge < -0.3 is 16.5 Å². The number of rotatable bonds is 1. The zero-order valence-corrected chi connectivity index (χ0v) is 8.24. The van der Waals surface area contributed by atoms with Crippen LogP contribution in [0.15, 0.2) is 11.1 Å². The summed E-state index contributed by atoms with van der Waals surface area (Å²) < 4.78 is 0. The molecule has 0 saturated heterocycles. The number of nitrogens with one attached hydrogen (secondary N) is 1. The number of aromatic amines is 1. The van der Waals surface area contributed by atoms with Crippen molar-refractivity contribution in [3.8, 4) is 0 Å². The predicted molar refractivity (Wildman–Crippen MR) is 55.2 cm³/mol. The van der Waals surface area contributed by atoms with Gasteiger partial charge in [0.1, 0.15) is 0 Å². The topological polar surface area (TPSA) is 97.8 Å². The van der Waals surface area contributed by atoms with E-state index in [2.05, 4.69) is 9.97 Å². The lowest BCUT2D eigenvalue weighted by Gasteiger charge is -2.03. The largest absolute Gasteiger partial charge is 0.404 e. The quantitative estimate of drug-likeness (QED) is 0.490. The fourth-order valence-corrected chi connectivity index (χ4v) is 1.07. The molecule has 5 N–H and O–H groups in total. The number of H-pyrrole nitrogens is 1. The molecule has 76 valence electrons. The van der Waals surface area contributed by atoms with Crippen LogP contribution in [0.25, 0.3) is 11.9 Å². The Morgan fingerprint density at radius 3 is 2.79 bits per heavy atom. The highest BCUT2D eigenvalue weighted by molar-refractivity contribution is 5.40. The van der Waals surface area contributed by atoms with Gasteiger partial charge in [-0.2, -0.15) is 0 Å². The van der Waals surface area contributed by atoms with Gasteiger partial charge >= 0.3 is 0 Å². The van der Waals surface area contributed by atoms with E-state index in [1.807, 2.05) is 13.8 Å². The molecule has 0 atom stereocenters. The Hall–Kier alpha value is -1.78. The van der Waals surface area contributed by atoms with Crippen molar-refractivity contribution in [2.45, 2.75) is 13.8 Å². The number of aromatic nitrogens is 2. The highest BCUT2D eigenvalue weighted by Gasteiger charge is 2.02. The first-order valence-electron chi connectivity index (χ1n) is 4.33. The Kier molecular flexibility index (Phi) is 2.91. The smallest absolute Gasteiger partial charge is 0.260 e. The lowest BCUT2D eigenvalue weighted by molar-refractivity contribution is 0.822. The van der Waals surface area contributed by atoms with Crippen molar-refractivity contribution < 1.29 is 0 Å². The normalized spacial score (nSPS) is 14.6. The summed E-state index contributed by atoms with van der Waals surface area (Å²) in [5.74, 6) is 0.128. The average molecular weight is 194 g/mol. The van der Waals surface area contributed by atoms with Crippen molar-refractivity contribution in [2.75, 3.05) is 0 Å². The van der Waals surface area contributed by atoms with Crippen molar-refractivity contribution in [3.63, 3.8) is 0 Å². The van der Waals surface area contributed by atoms with E-state index < -0.39 is 0 Å². The van der Waals surface area contributed by atoms with Crippen molar-refractivity contribution in [3.05, 3.63) is 27.2 Å². The molecule has 0 amide bonds. The van der Waals surface area contributed by atoms with Gasteiger partial charge in [-0.25, -0.2) is 4.98 Å². The summed E-state index contributed by atoms with van der Waals surface area (Å²) in [4.78, 5) is 17.8. The van der Waals surface area contributed by atoms with Crippen LogP contribution in [0.2, 0.25) is 0 Å². The molecule has 0 spiro atoms. The van der Waals surface area contributed by atoms with Crippen molar-refractivity contribution in [2.24, 2.45) is 17.4 Å². The monoisotopic (exact) mass is 194 g/mol. The molecular formula is C9H14N4O. The maximum absolute atomic E-state index is 11.3. The molecule has 0 saturated carbocycles. The van der Waals surface area contributed by atoms with E-state index in [0.29, 0.717) is 16.3 Å². The molecule has 5 nitrogen and oxygen atoms in total. The summed E-state index contributed by atoms with van der Waals surface area (Å²) in [7, 11) is 0. The number of nitrogens with two attached hydrogens (primary N) is 2. The highest BCUT2D eigenvalue weighted by atomic mass is 16.1. The summed E-state index contributed by atoms with van der Waals surface area (Å²) in [5, 5.41) is 0.782. The van der Waals surface area contributed by atoms with E-state index in [-0.39, 0.29) is 11.5 Å². The second kappa shape index (κ2) is 3.95. The van der Waals surface area contributed by atoms with Crippen LogP contribution in [0, 0.1) is 5.92 Å². The summed E-state index contributed by atoms with van der Waals surface area (Å²) in [6.07, 6.45) is 2.54. The van der Waals surface area contributed by atoms with Gasteiger partial charge in [0.2, 0.25) is 0 Å². The Balaban J connectivity index is 3.76. The lowest BCUT2D eigenvalue weighted by Crippen LogP contribution is -2.46. The van der Waals surface area contributed by atoms with Crippen LogP contribution >= 0.6 is 0 Å². The molecule has 0 aliphatic heterocycles. The summed E-state index contributed by atoms with van der Waals surface area (Å²) in [6.45, 7) is 3.86. The molecule has 1 heterocycles. The van der Waals surface area contributed by atoms with Gasteiger partial charge in [0.05, 0.1) is 16.9 Å². The van der Waals surface area contributed by atoms with Gasteiger partial charge in [-0.3, -0.25) is 4.79 Å². The van der Waals surface area contributed by atoms with Crippen LogP contribution in [-0.2, 0) is 0 Å². The van der Waals surface area contributed by atoms with Crippen LogP contribution in [-0.4, -0.2) is 9.97 Å². The Bertz CT molecular complexity index is 486. The van der Waals surface area contributed by atoms with E-state index >= 15 is 0 Å². The molecule has 0 aliphatic rings. The summed E-state index contributed by atoms with van der Waals surface area (Å²) in [5.41, 5.74) is 11.4. The third kappa shape index (κ3) is 1.76.